The summed E-state index contributed by atoms with van der Waals surface area (Å²) in [5.41, 5.74) is 0.238. The number of carboxylic acid groups (broad SMARTS) is 1. The first-order valence-corrected chi connectivity index (χ1v) is 6.33. The molecule has 0 saturated carbocycles. The van der Waals surface area contributed by atoms with E-state index in [0.717, 1.165) is 10.9 Å². The van der Waals surface area contributed by atoms with Crippen LogP contribution in [0.1, 0.15) is 6.42 Å². The van der Waals surface area contributed by atoms with Gasteiger partial charge in [0.1, 0.15) is 5.41 Å². The molecule has 3 nitrogen and oxygen atoms in total. The lowest BCUT2D eigenvalue weighted by Gasteiger charge is -2.27. The summed E-state index contributed by atoms with van der Waals surface area (Å²) < 4.78 is 2.02. The number of allylic oxidation sites excluding steroid dienone is 3. The molecule has 1 aliphatic carbocycles. The lowest BCUT2D eigenvalue weighted by atomic mass is 9.81. The molecule has 0 spiro atoms. The zero-order valence-electron chi connectivity index (χ0n) is 10.5. The molecule has 3 heteroatoms. The molecule has 0 radical (unpaired) electrons. The molecule has 1 unspecified atom stereocenters. The number of rotatable bonds is 3. The number of aromatic nitrogens is 1. The second-order valence-corrected chi connectivity index (χ2v) is 4.96. The Bertz CT molecular complexity index is 681. The number of carboxylic acids is 1. The van der Waals surface area contributed by atoms with Crippen LogP contribution in [0.3, 0.4) is 0 Å². The summed E-state index contributed by atoms with van der Waals surface area (Å²) in [6.45, 7) is 0.455. The van der Waals surface area contributed by atoms with Gasteiger partial charge in [-0.1, -0.05) is 42.5 Å². The molecule has 1 atom stereocenters. The SMILES string of the molecule is O=C(O)C1(Cn2ccc3ccccc32)C=CC=CC1. The Balaban J connectivity index is 2.01. The van der Waals surface area contributed by atoms with Gasteiger partial charge in [-0.15, -0.1) is 0 Å². The van der Waals surface area contributed by atoms with Gasteiger partial charge in [-0.2, -0.15) is 0 Å². The molecule has 19 heavy (non-hydrogen) atoms. The highest BCUT2D eigenvalue weighted by atomic mass is 16.4. The van der Waals surface area contributed by atoms with Crippen molar-refractivity contribution < 1.29 is 9.90 Å². The Morgan fingerprint density at radius 2 is 2.11 bits per heavy atom. The number of benzene rings is 1. The summed E-state index contributed by atoms with van der Waals surface area (Å²) in [5.74, 6) is -0.772. The quantitative estimate of drug-likeness (QED) is 0.912. The average molecular weight is 253 g/mol. The van der Waals surface area contributed by atoms with Gasteiger partial charge in [-0.05, 0) is 23.9 Å². The van der Waals surface area contributed by atoms with Crippen LogP contribution in [0, 0.1) is 5.41 Å². The second-order valence-electron chi connectivity index (χ2n) is 4.96. The topological polar surface area (TPSA) is 42.2 Å². The molecule has 1 aromatic heterocycles. The third-order valence-electron chi connectivity index (χ3n) is 3.70. The van der Waals surface area contributed by atoms with Crippen LogP contribution in [-0.2, 0) is 11.3 Å². The van der Waals surface area contributed by atoms with Crippen molar-refractivity contribution in [1.29, 1.82) is 0 Å². The van der Waals surface area contributed by atoms with Crippen LogP contribution in [0.4, 0.5) is 0 Å². The van der Waals surface area contributed by atoms with Crippen molar-refractivity contribution in [3.05, 3.63) is 60.8 Å². The van der Waals surface area contributed by atoms with E-state index in [1.54, 1.807) is 6.08 Å². The highest BCUT2D eigenvalue weighted by Crippen LogP contribution is 2.32. The smallest absolute Gasteiger partial charge is 0.315 e. The Hall–Kier alpha value is -2.29. The Morgan fingerprint density at radius 3 is 2.84 bits per heavy atom. The monoisotopic (exact) mass is 253 g/mol. The lowest BCUT2D eigenvalue weighted by Crippen LogP contribution is -2.34. The van der Waals surface area contributed by atoms with Crippen LogP contribution in [-0.4, -0.2) is 15.6 Å². The van der Waals surface area contributed by atoms with E-state index in [0.29, 0.717) is 13.0 Å². The predicted octanol–water partition coefficient (Wildman–Crippen LogP) is 3.23. The fourth-order valence-corrected chi connectivity index (χ4v) is 2.59. The van der Waals surface area contributed by atoms with Gasteiger partial charge in [-0.25, -0.2) is 0 Å². The van der Waals surface area contributed by atoms with Crippen molar-refractivity contribution >= 4 is 16.9 Å². The van der Waals surface area contributed by atoms with Crippen LogP contribution in [0.15, 0.2) is 60.8 Å². The van der Waals surface area contributed by atoms with Gasteiger partial charge < -0.3 is 9.67 Å². The first-order chi connectivity index (χ1) is 9.21. The maximum atomic E-state index is 11.6. The molecule has 1 heterocycles. The fourth-order valence-electron chi connectivity index (χ4n) is 2.59. The minimum atomic E-state index is -0.837. The molecule has 0 bridgehead atoms. The first kappa shape index (κ1) is 11.8. The van der Waals surface area contributed by atoms with Crippen molar-refractivity contribution in [1.82, 2.24) is 4.57 Å². The van der Waals surface area contributed by atoms with E-state index in [-0.39, 0.29) is 0 Å². The van der Waals surface area contributed by atoms with E-state index in [9.17, 15) is 9.90 Å². The molecule has 1 N–H and O–H groups in total. The van der Waals surface area contributed by atoms with Crippen molar-refractivity contribution in [2.24, 2.45) is 5.41 Å². The maximum absolute atomic E-state index is 11.6. The largest absolute Gasteiger partial charge is 0.481 e. The van der Waals surface area contributed by atoms with E-state index in [1.807, 2.05) is 59.3 Å². The van der Waals surface area contributed by atoms with Gasteiger partial charge in [0, 0.05) is 18.3 Å². The Kier molecular flexibility index (Phi) is 2.75. The fraction of sp³-hybridized carbons (Fsp3) is 0.188. The van der Waals surface area contributed by atoms with Crippen molar-refractivity contribution in [2.75, 3.05) is 0 Å². The molecule has 3 rings (SSSR count). The first-order valence-electron chi connectivity index (χ1n) is 6.33. The summed E-state index contributed by atoms with van der Waals surface area (Å²) in [6.07, 6.45) is 9.93. The Morgan fingerprint density at radius 1 is 1.26 bits per heavy atom. The van der Waals surface area contributed by atoms with E-state index < -0.39 is 11.4 Å². The summed E-state index contributed by atoms with van der Waals surface area (Å²) in [4.78, 5) is 11.6. The average Bonchev–Trinajstić information content (AvgIpc) is 2.83. The second kappa shape index (κ2) is 4.43. The third-order valence-corrected chi connectivity index (χ3v) is 3.70. The van der Waals surface area contributed by atoms with Crippen LogP contribution >= 0.6 is 0 Å². The number of fused-ring (bicyclic) bond motifs is 1. The summed E-state index contributed by atoms with van der Waals surface area (Å²) in [6, 6.07) is 10.0. The summed E-state index contributed by atoms with van der Waals surface area (Å²) >= 11 is 0. The molecule has 0 saturated heterocycles. The van der Waals surface area contributed by atoms with E-state index in [4.69, 9.17) is 0 Å². The molecule has 1 aliphatic rings. The number of para-hydroxylation sites is 1. The number of hydrogen-bond donors (Lipinski definition) is 1. The molecule has 0 amide bonds. The van der Waals surface area contributed by atoms with Gasteiger partial charge >= 0.3 is 5.97 Å². The highest BCUT2D eigenvalue weighted by Gasteiger charge is 2.36. The van der Waals surface area contributed by atoms with Crippen molar-refractivity contribution in [2.45, 2.75) is 13.0 Å². The Labute approximate surface area is 111 Å². The van der Waals surface area contributed by atoms with Crippen molar-refractivity contribution in [3.8, 4) is 0 Å². The summed E-state index contributed by atoms with van der Waals surface area (Å²) in [5, 5.41) is 10.7. The maximum Gasteiger partial charge on any atom is 0.315 e. The van der Waals surface area contributed by atoms with E-state index >= 15 is 0 Å². The van der Waals surface area contributed by atoms with Gasteiger partial charge in [-0.3, -0.25) is 4.79 Å². The number of aliphatic carboxylic acids is 1. The molecular weight excluding hydrogens is 238 g/mol. The molecule has 96 valence electrons. The van der Waals surface area contributed by atoms with Crippen molar-refractivity contribution in [3.63, 3.8) is 0 Å². The van der Waals surface area contributed by atoms with Gasteiger partial charge in [0.15, 0.2) is 0 Å². The predicted molar refractivity (Wildman–Crippen MR) is 74.9 cm³/mol. The summed E-state index contributed by atoms with van der Waals surface area (Å²) in [7, 11) is 0. The van der Waals surface area contributed by atoms with Crippen LogP contribution in [0.25, 0.3) is 10.9 Å². The van der Waals surface area contributed by atoms with Crippen LogP contribution < -0.4 is 0 Å². The number of nitrogens with zero attached hydrogens (tertiary/aromatic N) is 1. The zero-order valence-corrected chi connectivity index (χ0v) is 10.5. The van der Waals surface area contributed by atoms with Gasteiger partial charge in [0.25, 0.3) is 0 Å². The zero-order chi connectivity index (χ0) is 13.3. The molecule has 1 aromatic carbocycles. The van der Waals surface area contributed by atoms with Gasteiger partial charge in [0.2, 0.25) is 0 Å². The number of carbonyl (C=O) groups is 1. The van der Waals surface area contributed by atoms with Crippen LogP contribution in [0.2, 0.25) is 0 Å². The minimum Gasteiger partial charge on any atom is -0.481 e. The highest BCUT2D eigenvalue weighted by molar-refractivity contribution is 5.81. The molecule has 2 aromatic rings. The van der Waals surface area contributed by atoms with E-state index in [2.05, 4.69) is 0 Å². The molecular formula is C16H15NO2. The third kappa shape index (κ3) is 1.97. The number of hydrogen-bond acceptors (Lipinski definition) is 1. The standard InChI is InChI=1S/C16H15NO2/c18-15(19)16(9-4-1-5-10-16)12-17-11-8-13-6-2-3-7-14(13)17/h1-9,11H,10,12H2,(H,18,19). The normalized spacial score (nSPS) is 21.9. The van der Waals surface area contributed by atoms with Gasteiger partial charge in [0.05, 0.1) is 0 Å². The minimum absolute atomic E-state index is 0.455. The van der Waals surface area contributed by atoms with Crippen LogP contribution in [0.5, 0.6) is 0 Å². The van der Waals surface area contributed by atoms with E-state index in [1.165, 1.54) is 0 Å². The molecule has 0 aliphatic heterocycles. The molecule has 0 fully saturated rings. The lowest BCUT2D eigenvalue weighted by molar-refractivity contribution is -0.146.